The Kier molecular flexibility index (Phi) is 7.48. The average molecular weight is 385 g/mol. The normalized spacial score (nSPS) is 17.8. The number of allylic oxidation sites excluding steroid dienone is 1. The second-order valence-corrected chi connectivity index (χ2v) is 7.76. The molecule has 0 radical (unpaired) electrons. The predicted octanol–water partition coefficient (Wildman–Crippen LogP) is 2.83. The largest absolute Gasteiger partial charge is 0.369 e. The molecule has 2 N–H and O–H groups in total. The van der Waals surface area contributed by atoms with Crippen molar-refractivity contribution in [2.24, 2.45) is 0 Å². The maximum absolute atomic E-state index is 12.1. The minimum atomic E-state index is -0.389. The van der Waals surface area contributed by atoms with Gasteiger partial charge in [0.05, 0.1) is 6.54 Å². The van der Waals surface area contributed by atoms with Gasteiger partial charge in [0.15, 0.2) is 0 Å². The first-order valence-corrected chi connectivity index (χ1v) is 10.4. The summed E-state index contributed by atoms with van der Waals surface area (Å²) in [5.41, 5.74) is 3.91. The minimum absolute atomic E-state index is 0.238. The highest BCUT2D eigenvalue weighted by atomic mass is 16.2. The third-order valence-corrected chi connectivity index (χ3v) is 5.48. The second kappa shape index (κ2) is 10.3. The average Bonchev–Trinajstić information content (AvgIpc) is 2.69. The fraction of sp³-hybridized carbons (Fsp3) is 0.545. The molecule has 3 rings (SSSR count). The number of amides is 3. The van der Waals surface area contributed by atoms with E-state index >= 15 is 0 Å². The number of carbonyl (C=O) groups is 2. The molecule has 0 bridgehead atoms. The van der Waals surface area contributed by atoms with Crippen LogP contribution in [0.4, 0.5) is 10.5 Å². The number of aryl methyl sites for hydroxylation is 1. The molecule has 2 aliphatic rings. The number of urea groups is 1. The molecule has 0 unspecified atom stereocenters. The molecule has 0 aromatic heterocycles. The Morgan fingerprint density at radius 1 is 1.11 bits per heavy atom. The minimum Gasteiger partial charge on any atom is -0.369 e. The van der Waals surface area contributed by atoms with E-state index in [0.717, 1.165) is 45.4 Å². The van der Waals surface area contributed by atoms with Gasteiger partial charge in [-0.3, -0.25) is 15.0 Å². The van der Waals surface area contributed by atoms with Crippen molar-refractivity contribution in [3.05, 3.63) is 41.5 Å². The van der Waals surface area contributed by atoms with E-state index in [-0.39, 0.29) is 18.5 Å². The number of hydrogen-bond acceptors (Lipinski definition) is 4. The van der Waals surface area contributed by atoms with Gasteiger partial charge in [0, 0.05) is 38.4 Å². The van der Waals surface area contributed by atoms with Gasteiger partial charge in [-0.2, -0.15) is 0 Å². The van der Waals surface area contributed by atoms with E-state index in [1.54, 1.807) is 0 Å². The summed E-state index contributed by atoms with van der Waals surface area (Å²) in [4.78, 5) is 28.5. The zero-order valence-corrected chi connectivity index (χ0v) is 16.9. The first kappa shape index (κ1) is 20.4. The standard InChI is InChI=1S/C22H32N4O2/c1-18-6-5-9-20(16-18)26-14-12-25(13-15-26)17-21(27)24-22(28)23-11-10-19-7-3-2-4-8-19/h5-7,9,16H,2-4,8,10-15,17H2,1H3,(H2,23,24,27,28). The summed E-state index contributed by atoms with van der Waals surface area (Å²) < 4.78 is 0. The van der Waals surface area contributed by atoms with E-state index in [0.29, 0.717) is 6.54 Å². The molecular formula is C22H32N4O2. The number of imide groups is 1. The van der Waals surface area contributed by atoms with Crippen molar-refractivity contribution in [2.75, 3.05) is 44.2 Å². The lowest BCUT2D eigenvalue weighted by Crippen LogP contribution is -2.51. The highest BCUT2D eigenvalue weighted by molar-refractivity contribution is 5.95. The molecule has 1 aromatic carbocycles. The lowest BCUT2D eigenvalue weighted by atomic mass is 9.97. The van der Waals surface area contributed by atoms with Gasteiger partial charge in [-0.25, -0.2) is 4.79 Å². The van der Waals surface area contributed by atoms with Gasteiger partial charge in [0.25, 0.3) is 0 Å². The number of piperazine rings is 1. The van der Waals surface area contributed by atoms with E-state index in [4.69, 9.17) is 0 Å². The molecule has 1 aliphatic heterocycles. The SMILES string of the molecule is Cc1cccc(N2CCN(CC(=O)NC(=O)NCCC3=CCCCC3)CC2)c1. The van der Waals surface area contributed by atoms with E-state index in [1.165, 1.54) is 29.7 Å². The summed E-state index contributed by atoms with van der Waals surface area (Å²) in [5.74, 6) is -0.238. The Morgan fingerprint density at radius 3 is 2.64 bits per heavy atom. The number of carbonyl (C=O) groups excluding carboxylic acids is 2. The molecule has 0 atom stereocenters. The Bertz CT molecular complexity index is 708. The lowest BCUT2D eigenvalue weighted by Gasteiger charge is -2.35. The monoisotopic (exact) mass is 384 g/mol. The number of nitrogens with one attached hydrogen (secondary N) is 2. The summed E-state index contributed by atoms with van der Waals surface area (Å²) in [6.45, 7) is 6.35. The molecule has 1 saturated heterocycles. The van der Waals surface area contributed by atoms with Crippen molar-refractivity contribution in [1.29, 1.82) is 0 Å². The maximum Gasteiger partial charge on any atom is 0.321 e. The van der Waals surface area contributed by atoms with Crippen LogP contribution in [-0.2, 0) is 4.79 Å². The summed E-state index contributed by atoms with van der Waals surface area (Å²) in [6, 6.07) is 8.11. The quantitative estimate of drug-likeness (QED) is 0.741. The topological polar surface area (TPSA) is 64.7 Å². The molecule has 152 valence electrons. The van der Waals surface area contributed by atoms with Crippen LogP contribution < -0.4 is 15.5 Å². The fourth-order valence-electron chi connectivity index (χ4n) is 3.87. The highest BCUT2D eigenvalue weighted by Crippen LogP contribution is 2.19. The van der Waals surface area contributed by atoms with Gasteiger partial charge in [-0.15, -0.1) is 0 Å². The van der Waals surface area contributed by atoms with Crippen LogP contribution in [0.1, 0.15) is 37.7 Å². The molecule has 6 nitrogen and oxygen atoms in total. The number of benzene rings is 1. The van der Waals surface area contributed by atoms with Crippen LogP contribution in [0, 0.1) is 6.92 Å². The van der Waals surface area contributed by atoms with Gasteiger partial charge in [-0.1, -0.05) is 23.8 Å². The number of hydrogen-bond donors (Lipinski definition) is 2. The van der Waals surface area contributed by atoms with Crippen LogP contribution in [0.15, 0.2) is 35.9 Å². The van der Waals surface area contributed by atoms with Gasteiger partial charge >= 0.3 is 6.03 Å². The summed E-state index contributed by atoms with van der Waals surface area (Å²) in [7, 11) is 0. The fourth-order valence-corrected chi connectivity index (χ4v) is 3.87. The van der Waals surface area contributed by atoms with Crippen molar-refractivity contribution in [3.63, 3.8) is 0 Å². The lowest BCUT2D eigenvalue weighted by molar-refractivity contribution is -0.121. The first-order chi connectivity index (χ1) is 13.6. The predicted molar refractivity (Wildman–Crippen MR) is 113 cm³/mol. The Balaban J connectivity index is 1.32. The molecule has 1 aromatic rings. The highest BCUT2D eigenvalue weighted by Gasteiger charge is 2.20. The molecule has 1 aliphatic carbocycles. The Morgan fingerprint density at radius 2 is 1.93 bits per heavy atom. The van der Waals surface area contributed by atoms with Crippen LogP contribution in [0.5, 0.6) is 0 Å². The molecule has 1 fully saturated rings. The number of nitrogens with zero attached hydrogens (tertiary/aromatic N) is 2. The van der Waals surface area contributed by atoms with Crippen molar-refractivity contribution in [2.45, 2.75) is 39.0 Å². The van der Waals surface area contributed by atoms with Crippen LogP contribution in [0.2, 0.25) is 0 Å². The van der Waals surface area contributed by atoms with Gasteiger partial charge < -0.3 is 10.2 Å². The zero-order valence-electron chi connectivity index (χ0n) is 16.9. The van der Waals surface area contributed by atoms with E-state index in [2.05, 4.69) is 57.7 Å². The van der Waals surface area contributed by atoms with E-state index in [9.17, 15) is 9.59 Å². The van der Waals surface area contributed by atoms with Crippen molar-refractivity contribution in [3.8, 4) is 0 Å². The molecular weight excluding hydrogens is 352 g/mol. The molecule has 1 heterocycles. The molecule has 28 heavy (non-hydrogen) atoms. The Hall–Kier alpha value is -2.34. The third kappa shape index (κ3) is 6.37. The second-order valence-electron chi connectivity index (χ2n) is 7.76. The number of rotatable bonds is 6. The van der Waals surface area contributed by atoms with E-state index < -0.39 is 0 Å². The van der Waals surface area contributed by atoms with Crippen LogP contribution in [0.3, 0.4) is 0 Å². The molecule has 0 saturated carbocycles. The summed E-state index contributed by atoms with van der Waals surface area (Å²) in [6.07, 6.45) is 7.96. The molecule has 3 amide bonds. The maximum atomic E-state index is 12.1. The van der Waals surface area contributed by atoms with Crippen LogP contribution >= 0.6 is 0 Å². The summed E-state index contributed by atoms with van der Waals surface area (Å²) >= 11 is 0. The van der Waals surface area contributed by atoms with E-state index in [1.807, 2.05) is 0 Å². The summed E-state index contributed by atoms with van der Waals surface area (Å²) in [5, 5.41) is 5.25. The van der Waals surface area contributed by atoms with Gasteiger partial charge in [0.2, 0.25) is 5.91 Å². The van der Waals surface area contributed by atoms with Crippen molar-refractivity contribution < 1.29 is 9.59 Å². The van der Waals surface area contributed by atoms with Gasteiger partial charge in [-0.05, 0) is 56.7 Å². The zero-order chi connectivity index (χ0) is 19.8. The first-order valence-electron chi connectivity index (χ1n) is 10.4. The van der Waals surface area contributed by atoms with Crippen molar-refractivity contribution >= 4 is 17.6 Å². The Labute approximate surface area is 168 Å². The van der Waals surface area contributed by atoms with Crippen LogP contribution in [-0.4, -0.2) is 56.1 Å². The smallest absolute Gasteiger partial charge is 0.321 e. The van der Waals surface area contributed by atoms with Crippen LogP contribution in [0.25, 0.3) is 0 Å². The molecule has 6 heteroatoms. The molecule has 0 spiro atoms. The third-order valence-electron chi connectivity index (χ3n) is 5.48. The van der Waals surface area contributed by atoms with Gasteiger partial charge in [0.1, 0.15) is 0 Å². The van der Waals surface area contributed by atoms with Crippen molar-refractivity contribution in [1.82, 2.24) is 15.5 Å². The number of anilines is 1.